The van der Waals surface area contributed by atoms with Gasteiger partial charge in [0, 0.05) is 26.0 Å². The maximum Gasteiger partial charge on any atom is 0.0277 e. The Balaban J connectivity index is 4.01. The molecule has 0 aromatic carbocycles. The molecule has 0 bridgehead atoms. The Morgan fingerprint density at radius 2 is 2.15 bits per heavy atom. The van der Waals surface area contributed by atoms with Crippen molar-refractivity contribution < 1.29 is 0 Å². The van der Waals surface area contributed by atoms with Gasteiger partial charge in [-0.25, -0.2) is 5.43 Å². The number of hydrogen-bond acceptors (Lipinski definition) is 3. The molecule has 0 fully saturated rings. The summed E-state index contributed by atoms with van der Waals surface area (Å²) in [4.78, 5) is 3.85. The summed E-state index contributed by atoms with van der Waals surface area (Å²) in [6.45, 7) is 2.16. The molecule has 0 aliphatic rings. The van der Waals surface area contributed by atoms with E-state index in [1.54, 1.807) is 13.3 Å². The SMILES string of the molecule is CCCC(=CC=CC=NC)NNC. The van der Waals surface area contributed by atoms with E-state index in [0.717, 1.165) is 12.8 Å². The van der Waals surface area contributed by atoms with Crippen LogP contribution in [0.2, 0.25) is 0 Å². The summed E-state index contributed by atoms with van der Waals surface area (Å²) in [5.74, 6) is 0. The van der Waals surface area contributed by atoms with E-state index in [0.29, 0.717) is 0 Å². The second kappa shape index (κ2) is 9.00. The van der Waals surface area contributed by atoms with Crippen molar-refractivity contribution in [1.82, 2.24) is 10.9 Å². The van der Waals surface area contributed by atoms with Crippen LogP contribution in [0.25, 0.3) is 0 Å². The van der Waals surface area contributed by atoms with Crippen molar-refractivity contribution in [3.63, 3.8) is 0 Å². The van der Waals surface area contributed by atoms with Gasteiger partial charge >= 0.3 is 0 Å². The van der Waals surface area contributed by atoms with Gasteiger partial charge in [0.05, 0.1) is 0 Å². The van der Waals surface area contributed by atoms with Gasteiger partial charge in [0.15, 0.2) is 0 Å². The third-order valence-corrected chi connectivity index (χ3v) is 1.45. The fourth-order valence-electron chi connectivity index (χ4n) is 0.925. The van der Waals surface area contributed by atoms with Crippen molar-refractivity contribution in [2.45, 2.75) is 19.8 Å². The second-order valence-electron chi connectivity index (χ2n) is 2.61. The molecule has 0 amide bonds. The molecule has 2 N–H and O–H groups in total. The molecule has 3 heteroatoms. The molecule has 0 unspecified atom stereocenters. The van der Waals surface area contributed by atoms with Crippen molar-refractivity contribution in [2.24, 2.45) is 4.99 Å². The van der Waals surface area contributed by atoms with E-state index in [-0.39, 0.29) is 0 Å². The quantitative estimate of drug-likeness (QED) is 0.371. The van der Waals surface area contributed by atoms with Gasteiger partial charge in [-0.1, -0.05) is 19.4 Å². The van der Waals surface area contributed by atoms with E-state index in [1.165, 1.54) is 5.70 Å². The van der Waals surface area contributed by atoms with E-state index in [1.807, 2.05) is 25.3 Å². The number of rotatable bonds is 6. The van der Waals surface area contributed by atoms with E-state index in [4.69, 9.17) is 0 Å². The van der Waals surface area contributed by atoms with E-state index >= 15 is 0 Å². The topological polar surface area (TPSA) is 36.4 Å². The zero-order chi connectivity index (χ0) is 9.94. The van der Waals surface area contributed by atoms with E-state index in [2.05, 4.69) is 22.8 Å². The lowest BCUT2D eigenvalue weighted by molar-refractivity contribution is 0.649. The Bertz CT molecular complexity index is 184. The first-order valence-electron chi connectivity index (χ1n) is 4.55. The first-order chi connectivity index (χ1) is 6.35. The molecular weight excluding hydrogens is 162 g/mol. The largest absolute Gasteiger partial charge is 0.326 e. The maximum atomic E-state index is 3.85. The average molecular weight is 181 g/mol. The van der Waals surface area contributed by atoms with Crippen LogP contribution in [-0.2, 0) is 0 Å². The Morgan fingerprint density at radius 3 is 2.69 bits per heavy atom. The molecule has 0 radical (unpaired) electrons. The standard InChI is InChI=1S/C10H19N3/c1-4-7-10(13-12-3)8-5-6-9-11-2/h5-6,8-9,12-13H,4,7H2,1-3H3. The van der Waals surface area contributed by atoms with Crippen LogP contribution < -0.4 is 10.9 Å². The molecule has 0 aromatic heterocycles. The van der Waals surface area contributed by atoms with Crippen LogP contribution in [0.15, 0.2) is 28.9 Å². The van der Waals surface area contributed by atoms with Gasteiger partial charge in [-0.2, -0.15) is 0 Å². The van der Waals surface area contributed by atoms with Gasteiger partial charge in [0.2, 0.25) is 0 Å². The summed E-state index contributed by atoms with van der Waals surface area (Å²) in [6.07, 6.45) is 9.88. The maximum absolute atomic E-state index is 3.85. The molecular formula is C10H19N3. The van der Waals surface area contributed by atoms with E-state index < -0.39 is 0 Å². The summed E-state index contributed by atoms with van der Waals surface area (Å²) in [7, 11) is 3.62. The Morgan fingerprint density at radius 1 is 1.38 bits per heavy atom. The molecule has 0 aliphatic carbocycles. The van der Waals surface area contributed by atoms with Crippen molar-refractivity contribution >= 4 is 6.21 Å². The Kier molecular flexibility index (Phi) is 8.25. The van der Waals surface area contributed by atoms with Crippen LogP contribution in [0.4, 0.5) is 0 Å². The smallest absolute Gasteiger partial charge is 0.0277 e. The lowest BCUT2D eigenvalue weighted by atomic mass is 10.2. The predicted octanol–water partition coefficient (Wildman–Crippen LogP) is 1.65. The lowest BCUT2D eigenvalue weighted by Gasteiger charge is -2.06. The summed E-state index contributed by atoms with van der Waals surface area (Å²) in [5.41, 5.74) is 7.17. The van der Waals surface area contributed by atoms with Gasteiger partial charge in [0.1, 0.15) is 0 Å². The number of allylic oxidation sites excluding steroid dienone is 4. The third-order valence-electron chi connectivity index (χ3n) is 1.45. The molecule has 13 heavy (non-hydrogen) atoms. The molecule has 0 atom stereocenters. The highest BCUT2D eigenvalue weighted by molar-refractivity contribution is 5.71. The normalized spacial score (nSPS) is 13.0. The minimum Gasteiger partial charge on any atom is -0.326 e. The van der Waals surface area contributed by atoms with Gasteiger partial charge in [0.25, 0.3) is 0 Å². The Labute approximate surface area is 80.6 Å². The van der Waals surface area contributed by atoms with Gasteiger partial charge in [-0.15, -0.1) is 0 Å². The summed E-state index contributed by atoms with van der Waals surface area (Å²) in [5, 5.41) is 0. The van der Waals surface area contributed by atoms with Crippen LogP contribution >= 0.6 is 0 Å². The van der Waals surface area contributed by atoms with E-state index in [9.17, 15) is 0 Å². The fourth-order valence-corrected chi connectivity index (χ4v) is 0.925. The molecule has 0 aliphatic heterocycles. The van der Waals surface area contributed by atoms with Crippen molar-refractivity contribution in [3.8, 4) is 0 Å². The molecule has 0 saturated heterocycles. The van der Waals surface area contributed by atoms with Crippen molar-refractivity contribution in [2.75, 3.05) is 14.1 Å². The number of aliphatic imine (C=N–C) groups is 1. The fraction of sp³-hybridized carbons (Fsp3) is 0.500. The van der Waals surface area contributed by atoms with Gasteiger partial charge in [-0.05, 0) is 18.6 Å². The number of hydrogen-bond donors (Lipinski definition) is 2. The molecule has 0 aromatic rings. The molecule has 0 spiro atoms. The number of nitrogens with one attached hydrogen (secondary N) is 2. The van der Waals surface area contributed by atoms with Crippen LogP contribution in [-0.4, -0.2) is 20.3 Å². The summed E-state index contributed by atoms with van der Waals surface area (Å²) in [6, 6.07) is 0. The first kappa shape index (κ1) is 11.9. The summed E-state index contributed by atoms with van der Waals surface area (Å²) >= 11 is 0. The molecule has 74 valence electrons. The van der Waals surface area contributed by atoms with Crippen LogP contribution in [0.5, 0.6) is 0 Å². The van der Waals surface area contributed by atoms with Crippen LogP contribution in [0.3, 0.4) is 0 Å². The molecule has 0 heterocycles. The highest BCUT2D eigenvalue weighted by Crippen LogP contribution is 1.99. The molecule has 3 nitrogen and oxygen atoms in total. The predicted molar refractivity (Wildman–Crippen MR) is 58.7 cm³/mol. The van der Waals surface area contributed by atoms with Crippen molar-refractivity contribution in [3.05, 3.63) is 23.9 Å². The second-order valence-corrected chi connectivity index (χ2v) is 2.61. The van der Waals surface area contributed by atoms with Gasteiger partial charge < -0.3 is 5.43 Å². The monoisotopic (exact) mass is 181 g/mol. The highest BCUT2D eigenvalue weighted by atomic mass is 15.3. The van der Waals surface area contributed by atoms with Crippen molar-refractivity contribution in [1.29, 1.82) is 0 Å². The van der Waals surface area contributed by atoms with Crippen LogP contribution in [0, 0.1) is 0 Å². The minimum absolute atomic E-state index is 1.05. The number of hydrazine groups is 1. The highest BCUT2D eigenvalue weighted by Gasteiger charge is 1.89. The summed E-state index contributed by atoms with van der Waals surface area (Å²) < 4.78 is 0. The molecule has 0 rings (SSSR count). The zero-order valence-corrected chi connectivity index (χ0v) is 8.67. The third kappa shape index (κ3) is 7.28. The first-order valence-corrected chi connectivity index (χ1v) is 4.55. The Hall–Kier alpha value is -1.09. The molecule has 0 saturated carbocycles. The minimum atomic E-state index is 1.05. The average Bonchev–Trinajstić information content (AvgIpc) is 2.13. The van der Waals surface area contributed by atoms with Crippen LogP contribution in [0.1, 0.15) is 19.8 Å². The number of nitrogens with zero attached hydrogens (tertiary/aromatic N) is 1. The zero-order valence-electron chi connectivity index (χ0n) is 8.67. The lowest BCUT2D eigenvalue weighted by Crippen LogP contribution is -2.26. The van der Waals surface area contributed by atoms with Gasteiger partial charge in [-0.3, -0.25) is 4.99 Å².